The van der Waals surface area contributed by atoms with Crippen LogP contribution < -0.4 is 11.2 Å². The summed E-state index contributed by atoms with van der Waals surface area (Å²) in [5.41, 5.74) is -0.967. The highest BCUT2D eigenvalue weighted by Gasteiger charge is 2.19. The van der Waals surface area contributed by atoms with Crippen LogP contribution in [-0.2, 0) is 34.0 Å². The average Bonchev–Trinajstić information content (AvgIpc) is 2.89. The van der Waals surface area contributed by atoms with Gasteiger partial charge < -0.3 is 4.57 Å². The number of nitrogens with zero attached hydrogens (tertiary/aromatic N) is 4. The minimum absolute atomic E-state index is 0.0359. The van der Waals surface area contributed by atoms with Gasteiger partial charge in [0, 0.05) is 25.9 Å². The quantitative estimate of drug-likeness (QED) is 0.659. The molecular weight excluding hydrogens is 328 g/mol. The summed E-state index contributed by atoms with van der Waals surface area (Å²) in [5, 5.41) is 0. The largest absolute Gasteiger partial charge is 0.332 e. The minimum Gasteiger partial charge on any atom is -0.317 e. The molecule has 9 nitrogen and oxygen atoms in total. The van der Waals surface area contributed by atoms with E-state index in [1.54, 1.807) is 0 Å². The molecule has 0 aliphatic heterocycles. The molecule has 0 spiro atoms. The van der Waals surface area contributed by atoms with Crippen molar-refractivity contribution in [3.63, 3.8) is 0 Å². The van der Waals surface area contributed by atoms with Gasteiger partial charge in [0.15, 0.2) is 11.2 Å². The van der Waals surface area contributed by atoms with Crippen molar-refractivity contribution in [3.8, 4) is 0 Å². The van der Waals surface area contributed by atoms with Crippen LogP contribution in [0.4, 0.5) is 0 Å². The molecule has 0 saturated carbocycles. The summed E-state index contributed by atoms with van der Waals surface area (Å²) >= 11 is 0. The predicted molar refractivity (Wildman–Crippen MR) is 89.5 cm³/mol. The Morgan fingerprint density at radius 2 is 1.48 bits per heavy atom. The molecule has 9 heteroatoms. The molecule has 2 aromatic heterocycles. The van der Waals surface area contributed by atoms with Crippen LogP contribution in [0.3, 0.4) is 0 Å². The van der Waals surface area contributed by atoms with E-state index in [0.29, 0.717) is 0 Å². The van der Waals surface area contributed by atoms with Crippen LogP contribution in [0, 0.1) is 0 Å². The molecule has 2 aromatic rings. The first-order chi connectivity index (χ1) is 11.7. The first-order valence-corrected chi connectivity index (χ1v) is 7.89. The standard InChI is InChI=1S/C16H20N4O5/c1-10(21)4-6-19-14-13(18(9-17-14)8-12(3)23)15(24)20(16(19)25)7-5-11(2)22/h9H,4-8H2,1-3H3. The Bertz CT molecular complexity index is 963. The Morgan fingerprint density at radius 3 is 2.00 bits per heavy atom. The first-order valence-electron chi connectivity index (χ1n) is 7.89. The van der Waals surface area contributed by atoms with Crippen molar-refractivity contribution in [2.24, 2.45) is 0 Å². The van der Waals surface area contributed by atoms with Gasteiger partial charge in [-0.05, 0) is 20.8 Å². The van der Waals surface area contributed by atoms with E-state index in [1.807, 2.05) is 0 Å². The molecular formula is C16H20N4O5. The van der Waals surface area contributed by atoms with Crippen LogP contribution in [0.2, 0.25) is 0 Å². The number of aromatic nitrogens is 4. The van der Waals surface area contributed by atoms with Gasteiger partial charge >= 0.3 is 5.69 Å². The molecule has 2 rings (SSSR count). The summed E-state index contributed by atoms with van der Waals surface area (Å²) in [6, 6.07) is 0. The van der Waals surface area contributed by atoms with Crippen LogP contribution in [0.5, 0.6) is 0 Å². The number of aryl methyl sites for hydroxylation is 1. The van der Waals surface area contributed by atoms with Crippen molar-refractivity contribution in [2.45, 2.75) is 53.2 Å². The third-order valence-electron chi connectivity index (χ3n) is 3.75. The third-order valence-corrected chi connectivity index (χ3v) is 3.75. The summed E-state index contributed by atoms with van der Waals surface area (Å²) in [4.78, 5) is 63.4. The summed E-state index contributed by atoms with van der Waals surface area (Å²) in [5.74, 6) is -0.431. The van der Waals surface area contributed by atoms with E-state index in [0.717, 1.165) is 4.57 Å². The van der Waals surface area contributed by atoms with Gasteiger partial charge in [-0.2, -0.15) is 0 Å². The van der Waals surface area contributed by atoms with Crippen molar-refractivity contribution in [3.05, 3.63) is 27.2 Å². The Labute approximate surface area is 142 Å². The summed E-state index contributed by atoms with van der Waals surface area (Å²) < 4.78 is 3.59. The fourth-order valence-corrected chi connectivity index (χ4v) is 2.54. The summed E-state index contributed by atoms with van der Waals surface area (Å²) in [6.07, 6.45) is 1.47. The molecule has 25 heavy (non-hydrogen) atoms. The van der Waals surface area contributed by atoms with Crippen LogP contribution >= 0.6 is 0 Å². The number of rotatable bonds is 8. The molecule has 134 valence electrons. The Balaban J connectivity index is 2.71. The first kappa shape index (κ1) is 18.5. The predicted octanol–water partition coefficient (Wildman–Crippen LogP) is -0.0931. The fraction of sp³-hybridized carbons (Fsp3) is 0.500. The lowest BCUT2D eigenvalue weighted by Crippen LogP contribution is -2.41. The van der Waals surface area contributed by atoms with Crippen LogP contribution in [0.25, 0.3) is 11.2 Å². The minimum atomic E-state index is -0.618. The normalized spacial score (nSPS) is 11.0. The van der Waals surface area contributed by atoms with E-state index in [4.69, 9.17) is 0 Å². The van der Waals surface area contributed by atoms with E-state index < -0.39 is 11.2 Å². The zero-order chi connectivity index (χ0) is 18.7. The van der Waals surface area contributed by atoms with Crippen LogP contribution in [0.1, 0.15) is 33.6 Å². The maximum Gasteiger partial charge on any atom is 0.332 e. The Kier molecular flexibility index (Phi) is 5.45. The lowest BCUT2D eigenvalue weighted by Gasteiger charge is -2.11. The number of hydrogen-bond acceptors (Lipinski definition) is 6. The molecule has 0 aliphatic carbocycles. The number of fused-ring (bicyclic) bond motifs is 1. The smallest absolute Gasteiger partial charge is 0.317 e. The number of carbonyl (C=O) groups is 3. The van der Waals surface area contributed by atoms with Crippen molar-refractivity contribution >= 4 is 28.5 Å². The zero-order valence-corrected chi connectivity index (χ0v) is 14.4. The summed E-state index contributed by atoms with van der Waals surface area (Å²) in [6.45, 7) is 4.12. The number of hydrogen-bond donors (Lipinski definition) is 0. The zero-order valence-electron chi connectivity index (χ0n) is 14.4. The number of Topliss-reactive ketones (excluding diaryl/α,β-unsaturated/α-hetero) is 3. The fourth-order valence-electron chi connectivity index (χ4n) is 2.54. The number of ketones is 3. The second-order valence-corrected chi connectivity index (χ2v) is 6.04. The lowest BCUT2D eigenvalue weighted by molar-refractivity contribution is -0.118. The second-order valence-electron chi connectivity index (χ2n) is 6.04. The maximum absolute atomic E-state index is 12.7. The molecule has 0 aromatic carbocycles. The third kappa shape index (κ3) is 3.98. The van der Waals surface area contributed by atoms with Crippen LogP contribution in [-0.4, -0.2) is 36.0 Å². The maximum atomic E-state index is 12.7. The molecule has 0 saturated heterocycles. The van der Waals surface area contributed by atoms with Gasteiger partial charge in [-0.15, -0.1) is 0 Å². The molecule has 0 N–H and O–H groups in total. The number of imidazole rings is 1. The molecule has 0 unspecified atom stereocenters. The highest BCUT2D eigenvalue weighted by Crippen LogP contribution is 2.08. The lowest BCUT2D eigenvalue weighted by atomic mass is 10.3. The van der Waals surface area contributed by atoms with Gasteiger partial charge in [-0.25, -0.2) is 9.78 Å². The van der Waals surface area contributed by atoms with Gasteiger partial charge in [0.05, 0.1) is 12.9 Å². The van der Waals surface area contributed by atoms with Gasteiger partial charge in [-0.1, -0.05) is 0 Å². The van der Waals surface area contributed by atoms with Gasteiger partial charge in [0.1, 0.15) is 17.3 Å². The molecule has 0 radical (unpaired) electrons. The SMILES string of the molecule is CC(=O)CCn1c(=O)c2c(ncn2CC(C)=O)n(CCC(C)=O)c1=O. The summed E-state index contributed by atoms with van der Waals surface area (Å²) in [7, 11) is 0. The van der Waals surface area contributed by atoms with E-state index in [2.05, 4.69) is 4.98 Å². The van der Waals surface area contributed by atoms with Gasteiger partial charge in [0.2, 0.25) is 0 Å². The molecule has 0 aliphatic rings. The van der Waals surface area contributed by atoms with Crippen molar-refractivity contribution in [2.75, 3.05) is 0 Å². The average molecular weight is 348 g/mol. The monoisotopic (exact) mass is 348 g/mol. The van der Waals surface area contributed by atoms with Crippen molar-refractivity contribution in [1.82, 2.24) is 18.7 Å². The van der Waals surface area contributed by atoms with E-state index in [9.17, 15) is 24.0 Å². The van der Waals surface area contributed by atoms with Crippen LogP contribution in [0.15, 0.2) is 15.9 Å². The molecule has 0 fully saturated rings. The highest BCUT2D eigenvalue weighted by molar-refractivity contribution is 5.79. The van der Waals surface area contributed by atoms with Crippen molar-refractivity contribution < 1.29 is 14.4 Å². The Morgan fingerprint density at radius 1 is 0.920 bits per heavy atom. The van der Waals surface area contributed by atoms with E-state index in [-0.39, 0.29) is 61.0 Å². The topological polar surface area (TPSA) is 113 Å². The van der Waals surface area contributed by atoms with E-state index in [1.165, 1.54) is 36.2 Å². The van der Waals surface area contributed by atoms with Gasteiger partial charge in [0.25, 0.3) is 5.56 Å². The Hall–Kier alpha value is -2.84. The molecule has 0 amide bonds. The highest BCUT2D eigenvalue weighted by atomic mass is 16.2. The van der Waals surface area contributed by atoms with Gasteiger partial charge in [-0.3, -0.25) is 28.3 Å². The molecule has 0 atom stereocenters. The van der Waals surface area contributed by atoms with Crippen molar-refractivity contribution in [1.29, 1.82) is 0 Å². The molecule has 0 bridgehead atoms. The van der Waals surface area contributed by atoms with E-state index >= 15 is 0 Å². The second kappa shape index (κ2) is 7.37. The number of carbonyl (C=O) groups excluding carboxylic acids is 3. The molecule has 2 heterocycles.